The van der Waals surface area contributed by atoms with Crippen LogP contribution in [0.3, 0.4) is 0 Å². The van der Waals surface area contributed by atoms with E-state index in [9.17, 15) is 20.4 Å². The number of piperidine rings is 1. The number of likely N-dealkylation sites (tertiary alicyclic amines) is 1. The summed E-state index contributed by atoms with van der Waals surface area (Å²) in [6.45, 7) is 2.72. The molecule has 3 aromatic carbocycles. The van der Waals surface area contributed by atoms with E-state index in [1.165, 1.54) is 12.1 Å². The number of aliphatic hydroxyl groups is 4. The van der Waals surface area contributed by atoms with Gasteiger partial charge in [0.15, 0.2) is 0 Å². The smallest absolute Gasteiger partial charge is 0.304 e. The Bertz CT molecular complexity index is 936. The van der Waals surface area contributed by atoms with Crippen LogP contribution in [-0.2, 0) is 18.0 Å². The molecule has 0 spiro atoms. The summed E-state index contributed by atoms with van der Waals surface area (Å²) in [6.07, 6.45) is 2.64. The third-order valence-electron chi connectivity index (χ3n) is 6.66. The first kappa shape index (κ1) is 22.6. The molecule has 1 saturated heterocycles. The largest absolute Gasteiger partial charge is 0.380 e. The van der Waals surface area contributed by atoms with Crippen molar-refractivity contribution in [3.8, 4) is 0 Å². The summed E-state index contributed by atoms with van der Waals surface area (Å²) in [6, 6.07) is 26.6. The van der Waals surface area contributed by atoms with Gasteiger partial charge >= 0.3 is 5.97 Å². The van der Waals surface area contributed by atoms with Gasteiger partial charge in [0, 0.05) is 12.1 Å². The molecule has 1 heterocycles. The average molecular weight is 434 g/mol. The lowest BCUT2D eigenvalue weighted by atomic mass is 9.72. The fraction of sp³-hybridized carbons (Fsp3) is 0.333. The minimum absolute atomic E-state index is 0.0585. The molecule has 0 atom stereocenters. The highest BCUT2D eigenvalue weighted by molar-refractivity contribution is 5.37. The molecule has 0 radical (unpaired) electrons. The highest BCUT2D eigenvalue weighted by atomic mass is 16.7. The van der Waals surface area contributed by atoms with E-state index in [4.69, 9.17) is 0 Å². The lowest BCUT2D eigenvalue weighted by molar-refractivity contribution is -0.323. The second kappa shape index (κ2) is 9.53. The summed E-state index contributed by atoms with van der Waals surface area (Å²) in [5.41, 5.74) is 2.01. The molecule has 0 unspecified atom stereocenters. The van der Waals surface area contributed by atoms with Crippen LogP contribution in [0.2, 0.25) is 0 Å². The summed E-state index contributed by atoms with van der Waals surface area (Å²) in [4.78, 5) is 2.41. The molecule has 1 aliphatic rings. The van der Waals surface area contributed by atoms with Crippen molar-refractivity contribution in [1.29, 1.82) is 0 Å². The van der Waals surface area contributed by atoms with Gasteiger partial charge in [0.25, 0.3) is 0 Å². The maximum absolute atomic E-state index is 12.0. The van der Waals surface area contributed by atoms with Crippen molar-refractivity contribution in [2.24, 2.45) is 5.92 Å². The maximum atomic E-state index is 12.0. The van der Waals surface area contributed by atoms with Crippen LogP contribution in [-0.4, -0.2) is 45.0 Å². The number of nitrogens with zero attached hydrogens (tertiary/aromatic N) is 1. The van der Waals surface area contributed by atoms with E-state index in [2.05, 4.69) is 4.90 Å². The van der Waals surface area contributed by atoms with E-state index < -0.39 is 11.6 Å². The minimum Gasteiger partial charge on any atom is -0.380 e. The van der Waals surface area contributed by atoms with Crippen molar-refractivity contribution < 1.29 is 20.4 Å². The molecule has 5 heteroatoms. The normalized spacial score (nSPS) is 16.2. The van der Waals surface area contributed by atoms with E-state index in [1.54, 1.807) is 0 Å². The quantitative estimate of drug-likeness (QED) is 0.431. The van der Waals surface area contributed by atoms with E-state index in [-0.39, 0.29) is 11.5 Å². The van der Waals surface area contributed by atoms with E-state index in [0.29, 0.717) is 0 Å². The molecule has 3 aromatic rings. The van der Waals surface area contributed by atoms with Crippen LogP contribution in [0.4, 0.5) is 0 Å². The summed E-state index contributed by atoms with van der Waals surface area (Å²) >= 11 is 0. The maximum Gasteiger partial charge on any atom is 0.304 e. The Hall–Kier alpha value is -2.54. The third-order valence-corrected chi connectivity index (χ3v) is 6.66. The van der Waals surface area contributed by atoms with Gasteiger partial charge in [-0.25, -0.2) is 0 Å². The van der Waals surface area contributed by atoms with Crippen molar-refractivity contribution in [3.63, 3.8) is 0 Å². The van der Waals surface area contributed by atoms with Gasteiger partial charge in [-0.15, -0.1) is 0 Å². The summed E-state index contributed by atoms with van der Waals surface area (Å²) in [5, 5.41) is 39.7. The highest BCUT2D eigenvalue weighted by Crippen LogP contribution is 2.41. The van der Waals surface area contributed by atoms with Gasteiger partial charge in [-0.05, 0) is 55.0 Å². The average Bonchev–Trinajstić information content (AvgIpc) is 2.83. The minimum atomic E-state index is -2.80. The molecule has 168 valence electrons. The molecule has 0 aromatic heterocycles. The van der Waals surface area contributed by atoms with Gasteiger partial charge in [-0.2, -0.15) is 0 Å². The van der Waals surface area contributed by atoms with Gasteiger partial charge in [-0.3, -0.25) is 0 Å². The van der Waals surface area contributed by atoms with Crippen molar-refractivity contribution in [2.75, 3.05) is 19.6 Å². The van der Waals surface area contributed by atoms with E-state index in [1.807, 2.05) is 72.8 Å². The molecule has 0 aliphatic carbocycles. The molecule has 32 heavy (non-hydrogen) atoms. The Kier molecular flexibility index (Phi) is 6.74. The van der Waals surface area contributed by atoms with Crippen LogP contribution in [0.25, 0.3) is 0 Å². The summed E-state index contributed by atoms with van der Waals surface area (Å²) < 4.78 is 0. The van der Waals surface area contributed by atoms with Crippen molar-refractivity contribution in [3.05, 3.63) is 107 Å². The van der Waals surface area contributed by atoms with Crippen LogP contribution in [0, 0.1) is 5.92 Å². The first-order valence-corrected chi connectivity index (χ1v) is 11.2. The van der Waals surface area contributed by atoms with Gasteiger partial charge in [0.2, 0.25) is 0 Å². The Balaban J connectivity index is 1.40. The van der Waals surface area contributed by atoms with Crippen LogP contribution >= 0.6 is 0 Å². The third kappa shape index (κ3) is 4.93. The van der Waals surface area contributed by atoms with Crippen molar-refractivity contribution >= 4 is 0 Å². The molecule has 0 bridgehead atoms. The second-order valence-electron chi connectivity index (χ2n) is 8.70. The SMILES string of the molecule is OC(O)(O)c1ccc(CCN2CCC(C(O)(c3ccccc3)c3ccccc3)CC2)cc1. The summed E-state index contributed by atoms with van der Waals surface area (Å²) in [7, 11) is 0. The number of hydrogen-bond donors (Lipinski definition) is 4. The Morgan fingerprint density at radius 1 is 0.656 bits per heavy atom. The van der Waals surface area contributed by atoms with Gasteiger partial charge in [0.1, 0.15) is 5.60 Å². The molecular formula is C27H31NO4. The van der Waals surface area contributed by atoms with Gasteiger partial charge in [-0.1, -0.05) is 84.9 Å². The van der Waals surface area contributed by atoms with Crippen molar-refractivity contribution in [1.82, 2.24) is 4.90 Å². The first-order valence-electron chi connectivity index (χ1n) is 11.2. The molecule has 5 nitrogen and oxygen atoms in total. The van der Waals surface area contributed by atoms with E-state index >= 15 is 0 Å². The predicted molar refractivity (Wildman–Crippen MR) is 124 cm³/mol. The fourth-order valence-electron chi connectivity index (χ4n) is 4.78. The van der Waals surface area contributed by atoms with Crippen LogP contribution in [0.5, 0.6) is 0 Å². The number of hydrogen-bond acceptors (Lipinski definition) is 5. The zero-order chi connectivity index (χ0) is 22.6. The molecule has 4 rings (SSSR count). The zero-order valence-electron chi connectivity index (χ0n) is 18.1. The monoisotopic (exact) mass is 433 g/mol. The predicted octanol–water partition coefficient (Wildman–Crippen LogP) is 2.96. The number of rotatable bonds is 7. The van der Waals surface area contributed by atoms with Crippen LogP contribution in [0.15, 0.2) is 84.9 Å². The second-order valence-corrected chi connectivity index (χ2v) is 8.70. The Morgan fingerprint density at radius 2 is 1.16 bits per heavy atom. The zero-order valence-corrected chi connectivity index (χ0v) is 18.1. The molecule has 1 fully saturated rings. The topological polar surface area (TPSA) is 84.2 Å². The molecule has 0 amide bonds. The van der Waals surface area contributed by atoms with Gasteiger partial charge in [0.05, 0.1) is 0 Å². The fourth-order valence-corrected chi connectivity index (χ4v) is 4.78. The van der Waals surface area contributed by atoms with E-state index in [0.717, 1.165) is 55.6 Å². The molecular weight excluding hydrogens is 402 g/mol. The lowest BCUT2D eigenvalue weighted by Crippen LogP contribution is -2.44. The molecule has 1 aliphatic heterocycles. The van der Waals surface area contributed by atoms with Crippen LogP contribution in [0.1, 0.15) is 35.1 Å². The van der Waals surface area contributed by atoms with Crippen molar-refractivity contribution in [2.45, 2.75) is 30.8 Å². The van der Waals surface area contributed by atoms with Gasteiger partial charge < -0.3 is 25.3 Å². The lowest BCUT2D eigenvalue weighted by Gasteiger charge is -2.42. The Morgan fingerprint density at radius 3 is 1.62 bits per heavy atom. The molecule has 4 N–H and O–H groups in total. The standard InChI is InChI=1S/C27H31NO4/c29-26(22-7-3-1-4-8-22,23-9-5-2-6-10-23)24-16-19-28(20-17-24)18-15-21-11-13-25(14-12-21)27(30,31)32/h1-14,24,29-32H,15-20H2. The number of benzene rings is 3. The Labute approximate surface area is 189 Å². The van der Waals surface area contributed by atoms with Crippen LogP contribution < -0.4 is 0 Å². The first-order chi connectivity index (χ1) is 15.4. The summed E-state index contributed by atoms with van der Waals surface area (Å²) in [5.74, 6) is -2.66. The molecule has 0 saturated carbocycles. The highest BCUT2D eigenvalue weighted by Gasteiger charge is 2.41.